The van der Waals surface area contributed by atoms with Gasteiger partial charge in [0, 0.05) is 44.1 Å². The van der Waals surface area contributed by atoms with Gasteiger partial charge in [0.1, 0.15) is 11.2 Å². The van der Waals surface area contributed by atoms with E-state index in [4.69, 9.17) is 4.42 Å². The maximum absolute atomic E-state index is 6.66. The highest BCUT2D eigenvalue weighted by atomic mass is 16.3. The minimum Gasteiger partial charge on any atom is -0.455 e. The van der Waals surface area contributed by atoms with Crippen molar-refractivity contribution in [2.45, 2.75) is 56.8 Å². The van der Waals surface area contributed by atoms with Crippen LogP contribution in [0.3, 0.4) is 0 Å². The van der Waals surface area contributed by atoms with Gasteiger partial charge in [0.05, 0.1) is 0 Å². The van der Waals surface area contributed by atoms with Crippen LogP contribution in [0.15, 0.2) is 217 Å². The van der Waals surface area contributed by atoms with Crippen LogP contribution in [-0.4, -0.2) is 0 Å². The summed E-state index contributed by atoms with van der Waals surface area (Å²) in [6.07, 6.45) is 6.91. The van der Waals surface area contributed by atoms with Crippen LogP contribution in [0, 0.1) is 23.7 Å². The van der Waals surface area contributed by atoms with Gasteiger partial charge in [-0.05, 0) is 188 Å². The number of nitrogens with zero attached hydrogens (tertiary/aromatic N) is 1. The Labute approximate surface area is 427 Å². The summed E-state index contributed by atoms with van der Waals surface area (Å²) < 4.78 is 6.66. The molecule has 1 aromatic heterocycles. The van der Waals surface area contributed by atoms with Gasteiger partial charge in [0.2, 0.25) is 0 Å². The number of anilines is 3. The monoisotopic (exact) mass is 937 g/mol. The number of hydrogen-bond donors (Lipinski definition) is 0. The molecule has 0 unspecified atom stereocenters. The summed E-state index contributed by atoms with van der Waals surface area (Å²) in [7, 11) is 0. The highest BCUT2D eigenvalue weighted by Gasteiger charge is 2.61. The van der Waals surface area contributed by atoms with Crippen molar-refractivity contribution < 1.29 is 4.42 Å². The number of furan rings is 1. The van der Waals surface area contributed by atoms with Crippen molar-refractivity contribution in [2.75, 3.05) is 4.90 Å². The molecule has 1 spiro atoms. The molecule has 0 N–H and O–H groups in total. The predicted octanol–water partition coefficient (Wildman–Crippen LogP) is 19.2. The second kappa shape index (κ2) is 15.3. The first-order chi connectivity index (χ1) is 35.9. The molecule has 2 nitrogen and oxygen atoms in total. The van der Waals surface area contributed by atoms with Crippen molar-refractivity contribution in [1.29, 1.82) is 0 Å². The molecule has 0 atom stereocenters. The minimum absolute atomic E-state index is 0.0728. The minimum atomic E-state index is -0.115. The molecular weight excluding hydrogens is 883 g/mol. The molecule has 0 radical (unpaired) electrons. The normalized spacial score (nSPS) is 21.5. The Balaban J connectivity index is 0.839. The number of benzene rings is 10. The highest BCUT2D eigenvalue weighted by Crippen LogP contribution is 2.70. The number of rotatable bonds is 6. The van der Waals surface area contributed by atoms with Gasteiger partial charge < -0.3 is 9.32 Å². The van der Waals surface area contributed by atoms with E-state index in [1.165, 1.54) is 110 Å². The Morgan fingerprint density at radius 2 is 0.932 bits per heavy atom. The van der Waals surface area contributed by atoms with Crippen LogP contribution >= 0.6 is 0 Å². The van der Waals surface area contributed by atoms with Crippen LogP contribution in [0.4, 0.5) is 17.1 Å². The molecule has 11 aromatic rings. The zero-order chi connectivity index (χ0) is 48.2. The molecule has 1 heterocycles. The molecule has 0 aliphatic heterocycles. The van der Waals surface area contributed by atoms with E-state index in [-0.39, 0.29) is 10.8 Å². The Hall–Kier alpha value is -7.94. The van der Waals surface area contributed by atoms with E-state index in [2.05, 4.69) is 231 Å². The summed E-state index contributed by atoms with van der Waals surface area (Å²) in [5.74, 6) is 3.17. The third kappa shape index (κ3) is 5.81. The average Bonchev–Trinajstić information content (AvgIpc) is 4.11. The standard InChI is InChI=1S/C71H55NO/c1-70(2)63-22-9-7-18-58(63)61-21-11-20-60(68(61)70)56-16-6-5-14-53(56)46-25-30-50(31-26-46)72(51-32-27-47(28-33-51)54-19-12-24-66-67(54)62-35-29-45-13-3-4-15-55(45)69(62)73-66)52-34-36-59-57-17-8-10-23-64(57)71(65(59)42-52)48-38-43-37-44(40-48)41-49(71)39-43/h3-36,42-44,48-49H,37-41H2,1-2H3. The number of hydrogen-bond acceptors (Lipinski definition) is 2. The molecule has 10 aromatic carbocycles. The van der Waals surface area contributed by atoms with E-state index in [1.807, 2.05) is 0 Å². The van der Waals surface area contributed by atoms with Gasteiger partial charge in [0.15, 0.2) is 0 Å². The molecule has 350 valence electrons. The van der Waals surface area contributed by atoms with Gasteiger partial charge in [-0.1, -0.05) is 178 Å². The molecule has 0 amide bonds. The van der Waals surface area contributed by atoms with E-state index in [0.717, 1.165) is 50.5 Å². The SMILES string of the molecule is CC1(C)c2ccccc2-c2cccc(-c3ccccc3-c3ccc(N(c4ccc(-c5cccc6oc7c8ccccc8ccc7c56)cc4)c4ccc5c(c4)C4(c6ccccc6-5)C5CC6CC(C5)CC4C6)cc3)c21. The largest absolute Gasteiger partial charge is 0.455 e. The molecule has 6 aliphatic carbocycles. The maximum atomic E-state index is 6.66. The average molecular weight is 938 g/mol. The van der Waals surface area contributed by atoms with Gasteiger partial charge in [-0.2, -0.15) is 0 Å². The molecule has 17 rings (SSSR count). The first-order valence-electron chi connectivity index (χ1n) is 26.8. The van der Waals surface area contributed by atoms with Crippen molar-refractivity contribution in [2.24, 2.45) is 23.7 Å². The third-order valence-corrected chi connectivity index (χ3v) is 18.9. The molecule has 2 heteroatoms. The molecule has 4 saturated carbocycles. The van der Waals surface area contributed by atoms with E-state index in [0.29, 0.717) is 11.8 Å². The first-order valence-corrected chi connectivity index (χ1v) is 26.8. The molecule has 6 aliphatic rings. The van der Waals surface area contributed by atoms with Crippen molar-refractivity contribution >= 4 is 49.8 Å². The van der Waals surface area contributed by atoms with Crippen LogP contribution in [0.5, 0.6) is 0 Å². The van der Waals surface area contributed by atoms with Gasteiger partial charge in [-0.3, -0.25) is 0 Å². The van der Waals surface area contributed by atoms with Crippen LogP contribution < -0.4 is 4.90 Å². The second-order valence-electron chi connectivity index (χ2n) is 22.8. The summed E-state index contributed by atoms with van der Waals surface area (Å²) in [6.45, 7) is 4.79. The summed E-state index contributed by atoms with van der Waals surface area (Å²) in [5, 5.41) is 4.65. The molecular formula is C71H55NO. The van der Waals surface area contributed by atoms with E-state index >= 15 is 0 Å². The van der Waals surface area contributed by atoms with E-state index in [9.17, 15) is 0 Å². The van der Waals surface area contributed by atoms with Crippen LogP contribution in [0.1, 0.15) is 68.2 Å². The summed E-state index contributed by atoms with van der Waals surface area (Å²) >= 11 is 0. The fourth-order valence-electron chi connectivity index (χ4n) is 16.1. The fourth-order valence-corrected chi connectivity index (χ4v) is 16.1. The zero-order valence-corrected chi connectivity index (χ0v) is 41.4. The summed E-state index contributed by atoms with van der Waals surface area (Å²) in [6, 6.07) is 80.1. The van der Waals surface area contributed by atoms with Gasteiger partial charge in [-0.15, -0.1) is 0 Å². The smallest absolute Gasteiger partial charge is 0.143 e. The fraction of sp³-hybridized carbons (Fsp3) is 0.183. The van der Waals surface area contributed by atoms with Gasteiger partial charge in [0.25, 0.3) is 0 Å². The molecule has 4 fully saturated rings. The molecule has 0 saturated heterocycles. The van der Waals surface area contributed by atoms with Gasteiger partial charge >= 0.3 is 0 Å². The van der Waals surface area contributed by atoms with Crippen molar-refractivity contribution in [3.05, 3.63) is 235 Å². The predicted molar refractivity (Wildman–Crippen MR) is 303 cm³/mol. The zero-order valence-electron chi connectivity index (χ0n) is 41.4. The van der Waals surface area contributed by atoms with Crippen LogP contribution in [0.25, 0.3) is 88.3 Å². The Kier molecular flexibility index (Phi) is 8.73. The van der Waals surface area contributed by atoms with Crippen molar-refractivity contribution in [3.8, 4) is 55.6 Å². The lowest BCUT2D eigenvalue weighted by molar-refractivity contribution is -0.0399. The summed E-state index contributed by atoms with van der Waals surface area (Å²) in [5.41, 5.74) is 24.3. The molecule has 73 heavy (non-hydrogen) atoms. The van der Waals surface area contributed by atoms with Crippen molar-refractivity contribution in [1.82, 2.24) is 0 Å². The Morgan fingerprint density at radius 3 is 1.66 bits per heavy atom. The Morgan fingerprint density at radius 1 is 0.397 bits per heavy atom. The second-order valence-corrected chi connectivity index (χ2v) is 22.8. The van der Waals surface area contributed by atoms with E-state index in [1.54, 1.807) is 11.1 Å². The van der Waals surface area contributed by atoms with Crippen LogP contribution in [0.2, 0.25) is 0 Å². The first kappa shape index (κ1) is 41.7. The highest BCUT2D eigenvalue weighted by molar-refractivity contribution is 6.19. The third-order valence-electron chi connectivity index (χ3n) is 18.9. The maximum Gasteiger partial charge on any atom is 0.143 e. The number of fused-ring (bicyclic) bond motifs is 11. The quantitative estimate of drug-likeness (QED) is 0.165. The van der Waals surface area contributed by atoms with Crippen LogP contribution in [-0.2, 0) is 10.8 Å². The van der Waals surface area contributed by atoms with Crippen molar-refractivity contribution in [3.63, 3.8) is 0 Å². The topological polar surface area (TPSA) is 16.4 Å². The van der Waals surface area contributed by atoms with Gasteiger partial charge in [-0.25, -0.2) is 0 Å². The lowest BCUT2D eigenvalue weighted by Crippen LogP contribution is -2.55. The van der Waals surface area contributed by atoms with E-state index < -0.39 is 0 Å². The Bertz CT molecular complexity index is 4050. The molecule has 4 bridgehead atoms. The lowest BCUT2D eigenvalue weighted by Gasteiger charge is -2.61. The lowest BCUT2D eigenvalue weighted by atomic mass is 9.43. The summed E-state index contributed by atoms with van der Waals surface area (Å²) in [4.78, 5) is 2.52.